The van der Waals surface area contributed by atoms with Gasteiger partial charge < -0.3 is 5.32 Å². The van der Waals surface area contributed by atoms with Crippen LogP contribution >= 0.6 is 0 Å². The molecule has 0 aliphatic rings. The number of rotatable bonds is 8. The molecule has 1 nitrogen and oxygen atoms in total. The third kappa shape index (κ3) is 5.83. The van der Waals surface area contributed by atoms with E-state index in [1.807, 2.05) is 6.07 Å². The van der Waals surface area contributed by atoms with Crippen molar-refractivity contribution in [2.24, 2.45) is 0 Å². The molecule has 1 N–H and O–H groups in total. The summed E-state index contributed by atoms with van der Waals surface area (Å²) in [4.78, 5) is 0. The Hall–Kier alpha value is -0.890. The lowest BCUT2D eigenvalue weighted by atomic mass is 10.0. The molecule has 1 aromatic carbocycles. The van der Waals surface area contributed by atoms with Gasteiger partial charge in [0.05, 0.1) is 0 Å². The van der Waals surface area contributed by atoms with Crippen molar-refractivity contribution in [3.8, 4) is 0 Å². The fourth-order valence-electron chi connectivity index (χ4n) is 2.06. The number of nitrogens with one attached hydrogen (secondary N) is 1. The van der Waals surface area contributed by atoms with Crippen LogP contribution in [0.25, 0.3) is 0 Å². The summed E-state index contributed by atoms with van der Waals surface area (Å²) in [5.41, 5.74) is 1.03. The van der Waals surface area contributed by atoms with Crippen molar-refractivity contribution in [1.29, 1.82) is 0 Å². The van der Waals surface area contributed by atoms with Gasteiger partial charge in [-0.1, -0.05) is 45.2 Å². The van der Waals surface area contributed by atoms with E-state index in [4.69, 9.17) is 0 Å². The van der Waals surface area contributed by atoms with Gasteiger partial charge in [-0.3, -0.25) is 0 Å². The molecule has 1 rings (SSSR count). The van der Waals surface area contributed by atoms with E-state index >= 15 is 0 Å². The van der Waals surface area contributed by atoms with Crippen LogP contribution in [-0.2, 0) is 6.54 Å². The van der Waals surface area contributed by atoms with Gasteiger partial charge in [-0.15, -0.1) is 0 Å². The number of unbranched alkanes of at least 4 members (excludes halogenated alkanes) is 1. The van der Waals surface area contributed by atoms with Crippen molar-refractivity contribution in [3.63, 3.8) is 0 Å². The number of hydrogen-bond acceptors (Lipinski definition) is 1. The largest absolute Gasteiger partial charge is 0.310 e. The Kier molecular flexibility index (Phi) is 6.87. The zero-order valence-corrected chi connectivity index (χ0v) is 11.0. The molecule has 0 amide bonds. The molecule has 0 saturated carbocycles. The molecule has 1 atom stereocenters. The first-order valence-corrected chi connectivity index (χ1v) is 6.74. The topological polar surface area (TPSA) is 12.0 Å². The van der Waals surface area contributed by atoms with Crippen LogP contribution in [0.1, 0.15) is 51.5 Å². The van der Waals surface area contributed by atoms with E-state index < -0.39 is 0 Å². The van der Waals surface area contributed by atoms with Gasteiger partial charge in [0.15, 0.2) is 0 Å². The van der Waals surface area contributed by atoms with Gasteiger partial charge in [0.1, 0.15) is 5.82 Å². The number of hydrogen-bond donors (Lipinski definition) is 1. The van der Waals surface area contributed by atoms with Crippen molar-refractivity contribution >= 4 is 0 Å². The monoisotopic (exact) mass is 237 g/mol. The predicted molar refractivity (Wildman–Crippen MR) is 71.5 cm³/mol. The molecule has 17 heavy (non-hydrogen) atoms. The second kappa shape index (κ2) is 8.24. The predicted octanol–water partition coefficient (Wildman–Crippen LogP) is 4.27. The minimum absolute atomic E-state index is 0.148. The lowest BCUT2D eigenvalue weighted by Gasteiger charge is -2.17. The molecule has 0 aliphatic carbocycles. The summed E-state index contributed by atoms with van der Waals surface area (Å²) in [6, 6.07) is 7.41. The molecule has 0 saturated heterocycles. The molecule has 0 aromatic heterocycles. The summed E-state index contributed by atoms with van der Waals surface area (Å²) < 4.78 is 13.0. The lowest BCUT2D eigenvalue weighted by molar-refractivity contribution is 0.433. The summed E-state index contributed by atoms with van der Waals surface area (Å²) in [7, 11) is 0. The number of benzene rings is 1. The minimum Gasteiger partial charge on any atom is -0.310 e. The second-order valence-corrected chi connectivity index (χ2v) is 4.64. The first kappa shape index (κ1) is 14.2. The average molecular weight is 237 g/mol. The van der Waals surface area contributed by atoms with Gasteiger partial charge in [0, 0.05) is 12.6 Å². The van der Waals surface area contributed by atoms with Crippen molar-refractivity contribution in [1.82, 2.24) is 5.32 Å². The smallest absolute Gasteiger partial charge is 0.123 e. The Labute approximate surface area is 104 Å². The van der Waals surface area contributed by atoms with Gasteiger partial charge >= 0.3 is 0 Å². The van der Waals surface area contributed by atoms with Crippen LogP contribution in [0.4, 0.5) is 4.39 Å². The SMILES string of the molecule is CCCCC(CCC)NCc1cccc(F)c1. The minimum atomic E-state index is -0.148. The van der Waals surface area contributed by atoms with Crippen LogP contribution < -0.4 is 5.32 Å². The normalized spacial score (nSPS) is 12.6. The summed E-state index contributed by atoms with van der Waals surface area (Å²) >= 11 is 0. The van der Waals surface area contributed by atoms with E-state index in [0.717, 1.165) is 12.1 Å². The summed E-state index contributed by atoms with van der Waals surface area (Å²) in [6.45, 7) is 5.20. The number of halogens is 1. The molecular weight excluding hydrogens is 213 g/mol. The third-order valence-corrected chi connectivity index (χ3v) is 3.03. The Balaban J connectivity index is 2.39. The second-order valence-electron chi connectivity index (χ2n) is 4.64. The molecule has 0 radical (unpaired) electrons. The van der Waals surface area contributed by atoms with Gasteiger partial charge in [-0.25, -0.2) is 4.39 Å². The fraction of sp³-hybridized carbons (Fsp3) is 0.600. The maximum Gasteiger partial charge on any atom is 0.123 e. The van der Waals surface area contributed by atoms with Crippen LogP contribution in [0.2, 0.25) is 0 Å². The highest BCUT2D eigenvalue weighted by molar-refractivity contribution is 5.16. The van der Waals surface area contributed by atoms with E-state index in [1.54, 1.807) is 12.1 Å². The van der Waals surface area contributed by atoms with Gasteiger partial charge in [-0.2, -0.15) is 0 Å². The van der Waals surface area contributed by atoms with Gasteiger partial charge in [0.2, 0.25) is 0 Å². The molecule has 0 aliphatic heterocycles. The van der Waals surface area contributed by atoms with E-state index in [9.17, 15) is 4.39 Å². The van der Waals surface area contributed by atoms with Crippen molar-refractivity contribution in [2.75, 3.05) is 0 Å². The fourth-order valence-corrected chi connectivity index (χ4v) is 2.06. The van der Waals surface area contributed by atoms with Crippen LogP contribution in [-0.4, -0.2) is 6.04 Å². The Morgan fingerprint density at radius 2 is 2.00 bits per heavy atom. The highest BCUT2D eigenvalue weighted by Crippen LogP contribution is 2.09. The molecule has 2 heteroatoms. The summed E-state index contributed by atoms with van der Waals surface area (Å²) in [5, 5.41) is 3.53. The van der Waals surface area contributed by atoms with Crippen LogP contribution in [0, 0.1) is 5.82 Å². The molecule has 0 fully saturated rings. The van der Waals surface area contributed by atoms with E-state index in [0.29, 0.717) is 6.04 Å². The van der Waals surface area contributed by atoms with E-state index in [1.165, 1.54) is 38.2 Å². The maximum absolute atomic E-state index is 13.0. The molecule has 96 valence electrons. The first-order chi connectivity index (χ1) is 8.26. The summed E-state index contributed by atoms with van der Waals surface area (Å²) in [5.74, 6) is -0.148. The molecule has 0 bridgehead atoms. The summed E-state index contributed by atoms with van der Waals surface area (Å²) in [6.07, 6.45) is 6.13. The van der Waals surface area contributed by atoms with E-state index in [2.05, 4.69) is 19.2 Å². The zero-order valence-electron chi connectivity index (χ0n) is 11.0. The van der Waals surface area contributed by atoms with Crippen LogP contribution in [0.5, 0.6) is 0 Å². The molecule has 1 unspecified atom stereocenters. The zero-order chi connectivity index (χ0) is 12.5. The molecule has 0 heterocycles. The third-order valence-electron chi connectivity index (χ3n) is 3.03. The average Bonchev–Trinajstić information content (AvgIpc) is 2.33. The first-order valence-electron chi connectivity index (χ1n) is 6.74. The van der Waals surface area contributed by atoms with Crippen molar-refractivity contribution in [3.05, 3.63) is 35.6 Å². The van der Waals surface area contributed by atoms with Crippen molar-refractivity contribution < 1.29 is 4.39 Å². The van der Waals surface area contributed by atoms with Crippen molar-refractivity contribution in [2.45, 2.75) is 58.5 Å². The molecular formula is C15H24FN. The lowest BCUT2D eigenvalue weighted by Crippen LogP contribution is -2.28. The Bertz CT molecular complexity index is 312. The Morgan fingerprint density at radius 3 is 2.65 bits per heavy atom. The highest BCUT2D eigenvalue weighted by Gasteiger charge is 2.06. The quantitative estimate of drug-likeness (QED) is 0.711. The van der Waals surface area contributed by atoms with Crippen LogP contribution in [0.15, 0.2) is 24.3 Å². The standard InChI is InChI=1S/C15H24FN/c1-3-5-10-15(7-4-2)17-12-13-8-6-9-14(16)11-13/h6,8-9,11,15,17H,3-5,7,10,12H2,1-2H3. The maximum atomic E-state index is 13.0. The highest BCUT2D eigenvalue weighted by atomic mass is 19.1. The Morgan fingerprint density at radius 1 is 1.18 bits per heavy atom. The molecule has 0 spiro atoms. The molecule has 1 aromatic rings. The van der Waals surface area contributed by atoms with Gasteiger partial charge in [-0.05, 0) is 30.5 Å². The van der Waals surface area contributed by atoms with E-state index in [-0.39, 0.29) is 5.82 Å². The van der Waals surface area contributed by atoms with Gasteiger partial charge in [0.25, 0.3) is 0 Å². The van der Waals surface area contributed by atoms with Crippen LogP contribution in [0.3, 0.4) is 0 Å².